The Bertz CT molecular complexity index is 723. The number of nitrogens with two attached hydrogens (primary N) is 1. The van der Waals surface area contributed by atoms with Gasteiger partial charge in [0, 0.05) is 6.20 Å². The number of imidazole rings is 1. The molecule has 0 spiro atoms. The Labute approximate surface area is 111 Å². The number of para-hydroxylation sites is 1. The molecule has 1 aromatic carbocycles. The molecule has 0 unspecified atom stereocenters. The Hall–Kier alpha value is -2.20. The van der Waals surface area contributed by atoms with E-state index in [1.807, 2.05) is 12.1 Å². The predicted octanol–water partition coefficient (Wildman–Crippen LogP) is 2.50. The standard InChI is InChI=1S/C15H16N4/c1-10-5-3-6-11(2)14(10)19-13(9-16)18-12-7-4-8-17-15(12)19/h3-8H,9,16H2,1-2H3. The van der Waals surface area contributed by atoms with E-state index in [1.165, 1.54) is 11.1 Å². The third kappa shape index (κ3) is 1.81. The lowest BCUT2D eigenvalue weighted by molar-refractivity contribution is 0.868. The zero-order chi connectivity index (χ0) is 13.4. The number of aryl methyl sites for hydroxylation is 2. The van der Waals surface area contributed by atoms with Crippen molar-refractivity contribution in [2.75, 3.05) is 0 Å². The van der Waals surface area contributed by atoms with Crippen LogP contribution in [0.2, 0.25) is 0 Å². The first kappa shape index (κ1) is 11.9. The van der Waals surface area contributed by atoms with E-state index in [-0.39, 0.29) is 0 Å². The van der Waals surface area contributed by atoms with Crippen molar-refractivity contribution >= 4 is 11.2 Å². The number of hydrogen-bond donors (Lipinski definition) is 1. The minimum Gasteiger partial charge on any atom is -0.324 e. The second-order valence-electron chi connectivity index (χ2n) is 4.65. The van der Waals surface area contributed by atoms with Crippen molar-refractivity contribution in [3.63, 3.8) is 0 Å². The molecule has 2 heterocycles. The number of fused-ring (bicyclic) bond motifs is 1. The summed E-state index contributed by atoms with van der Waals surface area (Å²) in [5.41, 5.74) is 11.1. The summed E-state index contributed by atoms with van der Waals surface area (Å²) >= 11 is 0. The first-order chi connectivity index (χ1) is 9.22. The Balaban J connectivity index is 2.41. The predicted molar refractivity (Wildman–Crippen MR) is 76.2 cm³/mol. The van der Waals surface area contributed by atoms with E-state index in [9.17, 15) is 0 Å². The van der Waals surface area contributed by atoms with Crippen LogP contribution < -0.4 is 5.73 Å². The van der Waals surface area contributed by atoms with E-state index >= 15 is 0 Å². The molecule has 3 rings (SSSR count). The van der Waals surface area contributed by atoms with E-state index in [1.54, 1.807) is 6.20 Å². The van der Waals surface area contributed by atoms with Crippen molar-refractivity contribution in [2.24, 2.45) is 5.73 Å². The van der Waals surface area contributed by atoms with Crippen LogP contribution in [0.25, 0.3) is 16.9 Å². The summed E-state index contributed by atoms with van der Waals surface area (Å²) in [5.74, 6) is 0.839. The van der Waals surface area contributed by atoms with Gasteiger partial charge in [-0.05, 0) is 37.1 Å². The van der Waals surface area contributed by atoms with E-state index in [4.69, 9.17) is 5.73 Å². The molecule has 19 heavy (non-hydrogen) atoms. The molecule has 0 saturated carbocycles. The van der Waals surface area contributed by atoms with Crippen LogP contribution in [0.3, 0.4) is 0 Å². The average Bonchev–Trinajstić information content (AvgIpc) is 2.77. The smallest absolute Gasteiger partial charge is 0.164 e. The third-order valence-electron chi connectivity index (χ3n) is 3.33. The Morgan fingerprint density at radius 3 is 2.53 bits per heavy atom. The van der Waals surface area contributed by atoms with Crippen molar-refractivity contribution < 1.29 is 0 Å². The summed E-state index contributed by atoms with van der Waals surface area (Å²) in [6, 6.07) is 10.1. The number of pyridine rings is 1. The summed E-state index contributed by atoms with van der Waals surface area (Å²) in [7, 11) is 0. The van der Waals surface area contributed by atoms with Gasteiger partial charge in [0.15, 0.2) is 5.65 Å². The number of benzene rings is 1. The average molecular weight is 252 g/mol. The van der Waals surface area contributed by atoms with Gasteiger partial charge in [-0.2, -0.15) is 0 Å². The largest absolute Gasteiger partial charge is 0.324 e. The summed E-state index contributed by atoms with van der Waals surface area (Å²) < 4.78 is 2.07. The van der Waals surface area contributed by atoms with Gasteiger partial charge in [-0.15, -0.1) is 0 Å². The first-order valence-corrected chi connectivity index (χ1v) is 6.31. The molecule has 0 saturated heterocycles. The maximum absolute atomic E-state index is 5.84. The molecule has 0 fully saturated rings. The van der Waals surface area contributed by atoms with E-state index < -0.39 is 0 Å². The Morgan fingerprint density at radius 2 is 1.84 bits per heavy atom. The second kappa shape index (κ2) is 4.48. The van der Waals surface area contributed by atoms with Crippen LogP contribution in [0.5, 0.6) is 0 Å². The molecular weight excluding hydrogens is 236 g/mol. The fourth-order valence-electron chi connectivity index (χ4n) is 2.49. The molecular formula is C15H16N4. The molecule has 4 heteroatoms. The van der Waals surface area contributed by atoms with Gasteiger partial charge < -0.3 is 5.73 Å². The molecule has 4 nitrogen and oxygen atoms in total. The molecule has 2 aromatic heterocycles. The molecule has 0 aliphatic rings. The van der Waals surface area contributed by atoms with Crippen molar-refractivity contribution in [1.82, 2.24) is 14.5 Å². The molecule has 0 amide bonds. The zero-order valence-corrected chi connectivity index (χ0v) is 11.1. The lowest BCUT2D eigenvalue weighted by Gasteiger charge is -2.13. The second-order valence-corrected chi connectivity index (χ2v) is 4.65. The molecule has 96 valence electrons. The minimum absolute atomic E-state index is 0.393. The van der Waals surface area contributed by atoms with Crippen molar-refractivity contribution in [2.45, 2.75) is 20.4 Å². The highest BCUT2D eigenvalue weighted by Crippen LogP contribution is 2.25. The minimum atomic E-state index is 0.393. The number of rotatable bonds is 2. The normalized spacial score (nSPS) is 11.1. The van der Waals surface area contributed by atoms with Gasteiger partial charge in [-0.3, -0.25) is 4.57 Å². The van der Waals surface area contributed by atoms with Crippen LogP contribution in [0.15, 0.2) is 36.5 Å². The van der Waals surface area contributed by atoms with Crippen LogP contribution in [-0.4, -0.2) is 14.5 Å². The van der Waals surface area contributed by atoms with Gasteiger partial charge in [0.1, 0.15) is 11.3 Å². The maximum Gasteiger partial charge on any atom is 0.164 e. The van der Waals surface area contributed by atoms with Crippen molar-refractivity contribution in [3.05, 3.63) is 53.5 Å². The molecule has 0 aliphatic carbocycles. The summed E-state index contributed by atoms with van der Waals surface area (Å²) in [6.07, 6.45) is 1.79. The molecule has 0 atom stereocenters. The van der Waals surface area contributed by atoms with Gasteiger partial charge in [0.2, 0.25) is 0 Å². The van der Waals surface area contributed by atoms with Crippen LogP contribution in [0, 0.1) is 13.8 Å². The maximum atomic E-state index is 5.84. The topological polar surface area (TPSA) is 56.7 Å². The Kier molecular flexibility index (Phi) is 2.80. The fraction of sp³-hybridized carbons (Fsp3) is 0.200. The highest BCUT2D eigenvalue weighted by atomic mass is 15.1. The quantitative estimate of drug-likeness (QED) is 0.762. The highest BCUT2D eigenvalue weighted by molar-refractivity contribution is 5.74. The summed E-state index contributed by atoms with van der Waals surface area (Å²) in [4.78, 5) is 9.02. The molecule has 0 radical (unpaired) electrons. The molecule has 0 aliphatic heterocycles. The van der Waals surface area contributed by atoms with Crippen LogP contribution in [0.1, 0.15) is 17.0 Å². The van der Waals surface area contributed by atoms with Crippen molar-refractivity contribution in [1.29, 1.82) is 0 Å². The Morgan fingerprint density at radius 1 is 1.11 bits per heavy atom. The molecule has 3 aromatic rings. The lowest BCUT2D eigenvalue weighted by Crippen LogP contribution is -2.09. The van der Waals surface area contributed by atoms with Gasteiger partial charge in [0.05, 0.1) is 12.2 Å². The van der Waals surface area contributed by atoms with Crippen LogP contribution >= 0.6 is 0 Å². The zero-order valence-electron chi connectivity index (χ0n) is 11.1. The van der Waals surface area contributed by atoms with Gasteiger partial charge in [-0.25, -0.2) is 9.97 Å². The van der Waals surface area contributed by atoms with E-state index in [0.717, 1.165) is 22.7 Å². The van der Waals surface area contributed by atoms with Gasteiger partial charge in [0.25, 0.3) is 0 Å². The van der Waals surface area contributed by atoms with Crippen molar-refractivity contribution in [3.8, 4) is 5.69 Å². The molecule has 2 N–H and O–H groups in total. The number of nitrogens with zero attached hydrogens (tertiary/aromatic N) is 3. The van der Waals surface area contributed by atoms with Crippen LogP contribution in [-0.2, 0) is 6.54 Å². The van der Waals surface area contributed by atoms with E-state index in [2.05, 4.69) is 46.6 Å². The van der Waals surface area contributed by atoms with Gasteiger partial charge >= 0.3 is 0 Å². The highest BCUT2D eigenvalue weighted by Gasteiger charge is 2.15. The summed E-state index contributed by atoms with van der Waals surface area (Å²) in [5, 5.41) is 0. The molecule has 0 bridgehead atoms. The summed E-state index contributed by atoms with van der Waals surface area (Å²) in [6.45, 7) is 4.58. The number of aromatic nitrogens is 3. The number of hydrogen-bond acceptors (Lipinski definition) is 3. The van der Waals surface area contributed by atoms with E-state index in [0.29, 0.717) is 6.54 Å². The first-order valence-electron chi connectivity index (χ1n) is 6.31. The third-order valence-corrected chi connectivity index (χ3v) is 3.33. The fourth-order valence-corrected chi connectivity index (χ4v) is 2.49. The monoisotopic (exact) mass is 252 g/mol. The lowest BCUT2D eigenvalue weighted by atomic mass is 10.1. The SMILES string of the molecule is Cc1cccc(C)c1-n1c(CN)nc2cccnc21. The van der Waals surface area contributed by atoms with Gasteiger partial charge in [-0.1, -0.05) is 18.2 Å². The van der Waals surface area contributed by atoms with Crippen LogP contribution in [0.4, 0.5) is 0 Å².